The SMILES string of the molecule is Cc1cc(C(C)c2ccc(NS(C)(=O)=O)cc2)n(C)c1C(=O)c1ccc(Cl)cc1. The van der Waals surface area contributed by atoms with Gasteiger partial charge in [-0.2, -0.15) is 0 Å². The molecule has 1 atom stereocenters. The maximum Gasteiger partial charge on any atom is 0.229 e. The summed E-state index contributed by atoms with van der Waals surface area (Å²) >= 11 is 5.93. The first-order chi connectivity index (χ1) is 13.6. The van der Waals surface area contributed by atoms with Crippen LogP contribution in [0, 0.1) is 6.92 Å². The molecule has 1 aromatic heterocycles. The molecule has 29 heavy (non-hydrogen) atoms. The van der Waals surface area contributed by atoms with Gasteiger partial charge in [-0.25, -0.2) is 8.42 Å². The Balaban J connectivity index is 1.91. The molecular weight excluding hydrogens is 408 g/mol. The van der Waals surface area contributed by atoms with Gasteiger partial charge in [-0.15, -0.1) is 0 Å². The Hall–Kier alpha value is -2.57. The number of rotatable bonds is 6. The van der Waals surface area contributed by atoms with E-state index in [9.17, 15) is 13.2 Å². The minimum absolute atomic E-state index is 0.0257. The zero-order valence-electron chi connectivity index (χ0n) is 16.7. The number of nitrogens with zero attached hydrogens (tertiary/aromatic N) is 1. The van der Waals surface area contributed by atoms with Gasteiger partial charge in [0.25, 0.3) is 0 Å². The molecule has 2 aromatic carbocycles. The van der Waals surface area contributed by atoms with Crippen molar-refractivity contribution in [2.75, 3.05) is 11.0 Å². The smallest absolute Gasteiger partial charge is 0.229 e. The second-order valence-electron chi connectivity index (χ2n) is 7.21. The second-order valence-corrected chi connectivity index (χ2v) is 9.40. The van der Waals surface area contributed by atoms with Gasteiger partial charge in [-0.05, 0) is 60.5 Å². The molecule has 3 rings (SSSR count). The zero-order chi connectivity index (χ0) is 21.3. The van der Waals surface area contributed by atoms with Gasteiger partial charge in [0.1, 0.15) is 0 Å². The third-order valence-electron chi connectivity index (χ3n) is 4.94. The number of hydrogen-bond acceptors (Lipinski definition) is 3. The minimum atomic E-state index is -3.31. The molecule has 152 valence electrons. The lowest BCUT2D eigenvalue weighted by Crippen LogP contribution is -2.12. The quantitative estimate of drug-likeness (QED) is 0.574. The van der Waals surface area contributed by atoms with E-state index >= 15 is 0 Å². The van der Waals surface area contributed by atoms with Crippen LogP contribution in [0.5, 0.6) is 0 Å². The van der Waals surface area contributed by atoms with Crippen molar-refractivity contribution in [1.29, 1.82) is 0 Å². The van der Waals surface area contributed by atoms with E-state index < -0.39 is 10.0 Å². The fourth-order valence-corrected chi connectivity index (χ4v) is 4.18. The van der Waals surface area contributed by atoms with Gasteiger partial charge in [0.2, 0.25) is 15.8 Å². The Morgan fingerprint density at radius 1 is 1.07 bits per heavy atom. The Labute approximate surface area is 176 Å². The lowest BCUT2D eigenvalue weighted by molar-refractivity contribution is 0.103. The van der Waals surface area contributed by atoms with Crippen LogP contribution in [0.4, 0.5) is 5.69 Å². The Morgan fingerprint density at radius 3 is 2.21 bits per heavy atom. The van der Waals surface area contributed by atoms with E-state index in [1.165, 1.54) is 0 Å². The first kappa shape index (κ1) is 21.1. The van der Waals surface area contributed by atoms with Crippen LogP contribution in [0.1, 0.15) is 45.7 Å². The van der Waals surface area contributed by atoms with E-state index in [-0.39, 0.29) is 11.7 Å². The van der Waals surface area contributed by atoms with Crippen molar-refractivity contribution < 1.29 is 13.2 Å². The topological polar surface area (TPSA) is 68.2 Å². The number of anilines is 1. The molecule has 0 saturated carbocycles. The monoisotopic (exact) mass is 430 g/mol. The Morgan fingerprint density at radius 2 is 1.66 bits per heavy atom. The maximum atomic E-state index is 13.0. The maximum absolute atomic E-state index is 13.0. The molecule has 1 N–H and O–H groups in total. The van der Waals surface area contributed by atoms with Crippen molar-refractivity contribution in [1.82, 2.24) is 4.57 Å². The lowest BCUT2D eigenvalue weighted by atomic mass is 9.97. The fraction of sp³-hybridized carbons (Fsp3) is 0.227. The van der Waals surface area contributed by atoms with Crippen LogP contribution in [0.25, 0.3) is 0 Å². The van der Waals surface area contributed by atoms with Crippen molar-refractivity contribution >= 4 is 33.1 Å². The van der Waals surface area contributed by atoms with E-state index in [0.717, 1.165) is 23.1 Å². The molecule has 0 spiro atoms. The van der Waals surface area contributed by atoms with Gasteiger partial charge < -0.3 is 4.57 Å². The van der Waals surface area contributed by atoms with Crippen molar-refractivity contribution in [3.8, 4) is 0 Å². The molecule has 5 nitrogen and oxygen atoms in total. The van der Waals surface area contributed by atoms with Crippen LogP contribution in [-0.4, -0.2) is 25.0 Å². The van der Waals surface area contributed by atoms with E-state index in [2.05, 4.69) is 11.6 Å². The summed E-state index contributed by atoms with van der Waals surface area (Å²) in [7, 11) is -1.42. The second kappa shape index (κ2) is 8.05. The number of hydrogen-bond donors (Lipinski definition) is 1. The van der Waals surface area contributed by atoms with Gasteiger partial charge in [-0.3, -0.25) is 9.52 Å². The first-order valence-electron chi connectivity index (χ1n) is 9.11. The first-order valence-corrected chi connectivity index (χ1v) is 11.4. The van der Waals surface area contributed by atoms with Crippen molar-refractivity contribution in [2.45, 2.75) is 19.8 Å². The molecular formula is C22H23ClN2O3S. The molecule has 7 heteroatoms. The number of carbonyl (C=O) groups excluding carboxylic acids is 1. The van der Waals surface area contributed by atoms with Crippen LogP contribution in [0.15, 0.2) is 54.6 Å². The van der Waals surface area contributed by atoms with Gasteiger partial charge in [-0.1, -0.05) is 30.7 Å². The van der Waals surface area contributed by atoms with Gasteiger partial charge in [0.05, 0.1) is 11.9 Å². The predicted molar refractivity (Wildman–Crippen MR) is 117 cm³/mol. The Bertz CT molecular complexity index is 1150. The van der Waals surface area contributed by atoms with Gasteiger partial charge >= 0.3 is 0 Å². The third-order valence-corrected chi connectivity index (χ3v) is 5.80. The molecule has 0 amide bonds. The van der Waals surface area contributed by atoms with Crippen LogP contribution in [0.2, 0.25) is 5.02 Å². The summed E-state index contributed by atoms with van der Waals surface area (Å²) in [4.78, 5) is 13.0. The summed E-state index contributed by atoms with van der Waals surface area (Å²) in [5.41, 5.74) is 4.69. The molecule has 0 bridgehead atoms. The summed E-state index contributed by atoms with van der Waals surface area (Å²) in [6.45, 7) is 3.99. The van der Waals surface area contributed by atoms with E-state index in [1.54, 1.807) is 36.4 Å². The number of ketones is 1. The fourth-order valence-electron chi connectivity index (χ4n) is 3.49. The van der Waals surface area contributed by atoms with Crippen LogP contribution >= 0.6 is 11.6 Å². The van der Waals surface area contributed by atoms with Crippen LogP contribution < -0.4 is 4.72 Å². The van der Waals surface area contributed by atoms with Crippen molar-refractivity contribution in [3.63, 3.8) is 0 Å². The number of sulfonamides is 1. The Kier molecular flexibility index (Phi) is 5.87. The molecule has 0 fully saturated rings. The average Bonchev–Trinajstić information content (AvgIpc) is 2.95. The number of carbonyl (C=O) groups is 1. The molecule has 0 aliphatic carbocycles. The van der Waals surface area contributed by atoms with E-state index in [1.807, 2.05) is 36.7 Å². The summed E-state index contributed by atoms with van der Waals surface area (Å²) in [6.07, 6.45) is 1.12. The van der Waals surface area contributed by atoms with Crippen molar-refractivity contribution in [2.24, 2.45) is 7.05 Å². The normalized spacial score (nSPS) is 12.6. The number of benzene rings is 2. The predicted octanol–water partition coefficient (Wildman–Crippen LogP) is 4.74. The summed E-state index contributed by atoms with van der Waals surface area (Å²) in [5, 5.41) is 0.591. The highest BCUT2D eigenvalue weighted by Crippen LogP contribution is 2.29. The largest absolute Gasteiger partial charge is 0.344 e. The van der Waals surface area contributed by atoms with Crippen molar-refractivity contribution in [3.05, 3.63) is 87.7 Å². The number of nitrogens with one attached hydrogen (secondary N) is 1. The van der Waals surface area contributed by atoms with Gasteiger partial charge in [0.15, 0.2) is 0 Å². The molecule has 0 aliphatic heterocycles. The minimum Gasteiger partial charge on any atom is -0.344 e. The molecule has 1 unspecified atom stereocenters. The molecule has 0 aliphatic rings. The van der Waals surface area contributed by atoms with Crippen LogP contribution in [0.3, 0.4) is 0 Å². The highest BCUT2D eigenvalue weighted by atomic mass is 35.5. The average molecular weight is 431 g/mol. The number of aromatic nitrogens is 1. The summed E-state index contributed by atoms with van der Waals surface area (Å²) in [6, 6.07) is 16.2. The van der Waals surface area contributed by atoms with E-state index in [0.29, 0.717) is 22.0 Å². The summed E-state index contributed by atoms with van der Waals surface area (Å²) < 4.78 is 27.1. The summed E-state index contributed by atoms with van der Waals surface area (Å²) in [5.74, 6) is -0.0226. The lowest BCUT2D eigenvalue weighted by Gasteiger charge is -2.15. The van der Waals surface area contributed by atoms with E-state index in [4.69, 9.17) is 11.6 Å². The molecule has 0 radical (unpaired) electrons. The zero-order valence-corrected chi connectivity index (χ0v) is 18.3. The van der Waals surface area contributed by atoms with Crippen LogP contribution in [-0.2, 0) is 17.1 Å². The standard InChI is InChI=1S/C22H23ClN2O3S/c1-14-13-20(15(2)16-7-11-19(12-8-16)24-29(4,27)28)25(3)21(14)22(26)17-5-9-18(23)10-6-17/h5-13,15,24H,1-4H3. The molecule has 3 aromatic rings. The molecule has 0 saturated heterocycles. The highest BCUT2D eigenvalue weighted by molar-refractivity contribution is 7.92. The third kappa shape index (κ3) is 4.71. The highest BCUT2D eigenvalue weighted by Gasteiger charge is 2.22. The number of aryl methyl sites for hydroxylation is 1. The van der Waals surface area contributed by atoms with Gasteiger partial charge in [0, 0.05) is 34.9 Å². The molecule has 1 heterocycles. The number of halogens is 1.